The summed E-state index contributed by atoms with van der Waals surface area (Å²) in [7, 11) is 0. The van der Waals surface area contributed by atoms with E-state index in [1.807, 2.05) is 6.92 Å². The molecule has 8 nitrogen and oxygen atoms in total. The van der Waals surface area contributed by atoms with Crippen molar-refractivity contribution in [1.82, 2.24) is 20.2 Å². The van der Waals surface area contributed by atoms with Gasteiger partial charge in [0.15, 0.2) is 5.01 Å². The number of thiazole rings is 1. The number of carbonyl (C=O) groups excluding carboxylic acids is 2. The van der Waals surface area contributed by atoms with Gasteiger partial charge in [0.2, 0.25) is 0 Å². The number of hydrogen-bond acceptors (Lipinski definition) is 7. The summed E-state index contributed by atoms with van der Waals surface area (Å²) in [5.74, 6) is -1.67. The molecule has 1 fully saturated rings. The molecule has 3 heterocycles. The van der Waals surface area contributed by atoms with Crippen molar-refractivity contribution in [3.05, 3.63) is 28.5 Å². The minimum absolute atomic E-state index is 0.0441. The first-order valence-corrected chi connectivity index (χ1v) is 13.3. The van der Waals surface area contributed by atoms with E-state index in [2.05, 4.69) is 20.6 Å². The number of pyridine rings is 1. The van der Waals surface area contributed by atoms with E-state index < -0.39 is 53.5 Å². The first kappa shape index (κ1) is 30.7. The van der Waals surface area contributed by atoms with Crippen LogP contribution in [-0.4, -0.2) is 68.2 Å². The Hall–Kier alpha value is -2.87. The number of halogens is 5. The van der Waals surface area contributed by atoms with Crippen molar-refractivity contribution in [3.8, 4) is 10.4 Å². The van der Waals surface area contributed by atoms with Gasteiger partial charge < -0.3 is 20.6 Å². The van der Waals surface area contributed by atoms with Gasteiger partial charge in [0.05, 0.1) is 16.5 Å². The third-order valence-electron chi connectivity index (χ3n) is 6.79. The van der Waals surface area contributed by atoms with Gasteiger partial charge in [-0.2, -0.15) is 13.2 Å². The van der Waals surface area contributed by atoms with Crippen molar-refractivity contribution in [2.24, 2.45) is 0 Å². The van der Waals surface area contributed by atoms with Crippen molar-refractivity contribution in [3.63, 3.8) is 0 Å². The summed E-state index contributed by atoms with van der Waals surface area (Å²) in [6.45, 7) is 8.12. The number of carbonyl (C=O) groups is 2. The summed E-state index contributed by atoms with van der Waals surface area (Å²) in [5, 5.41) is 14.7. The fourth-order valence-electron chi connectivity index (χ4n) is 4.06. The van der Waals surface area contributed by atoms with Gasteiger partial charge in [-0.15, -0.1) is 11.3 Å². The maximum Gasteiger partial charge on any atom is 0.408 e. The third-order valence-corrected chi connectivity index (χ3v) is 7.87. The van der Waals surface area contributed by atoms with Crippen molar-refractivity contribution in [2.45, 2.75) is 90.2 Å². The molecule has 39 heavy (non-hydrogen) atoms. The fraction of sp³-hybridized carbons (Fsp3) is 0.600. The quantitative estimate of drug-likeness (QED) is 0.344. The SMILES string of the molecule is CC[C@H](Nc1cc(C(F)F)c(-c2sc(C(=O)N[C@@H](C)C(C)(C)O)nc2C(=O)N2CCC[C@@H]2C)cn1)C(F)(F)F. The lowest BCUT2D eigenvalue weighted by Gasteiger charge is -2.26. The number of nitrogens with one attached hydrogen (secondary N) is 2. The van der Waals surface area contributed by atoms with E-state index in [4.69, 9.17) is 0 Å². The zero-order valence-corrected chi connectivity index (χ0v) is 23.0. The number of hydrogen-bond donors (Lipinski definition) is 3. The number of amides is 2. The minimum Gasteiger partial charge on any atom is -0.388 e. The maximum atomic E-state index is 14.2. The number of likely N-dealkylation sites (tertiary alicyclic amines) is 1. The molecule has 0 radical (unpaired) electrons. The second-order valence-corrected chi connectivity index (χ2v) is 11.1. The molecule has 14 heteroatoms. The molecule has 3 rings (SSSR count). The lowest BCUT2D eigenvalue weighted by atomic mass is 10.0. The minimum atomic E-state index is -4.62. The van der Waals surface area contributed by atoms with Crippen LogP contribution < -0.4 is 10.6 Å². The largest absolute Gasteiger partial charge is 0.408 e. The molecule has 2 amide bonds. The fourth-order valence-corrected chi connectivity index (χ4v) is 5.06. The Morgan fingerprint density at radius 2 is 1.95 bits per heavy atom. The molecule has 0 unspecified atom stereocenters. The van der Waals surface area contributed by atoms with Gasteiger partial charge in [-0.05, 0) is 53.0 Å². The highest BCUT2D eigenvalue weighted by atomic mass is 32.1. The first-order chi connectivity index (χ1) is 18.0. The highest BCUT2D eigenvalue weighted by molar-refractivity contribution is 7.17. The number of rotatable bonds is 9. The standard InChI is InChI=1S/C25H32F5N5O3S/c1-6-16(25(28,29)30)33-17-10-14(20(26)27)15(11-31-17)19-18(23(37)35-9-7-8-12(35)2)34-22(39-19)21(36)32-13(3)24(4,5)38/h10-13,16,20,38H,6-9H2,1-5H3,(H,31,33)(H,32,36)/t12-,13-,16-/m0/s1. The maximum absolute atomic E-state index is 14.2. The summed E-state index contributed by atoms with van der Waals surface area (Å²) < 4.78 is 68.1. The number of anilines is 1. The highest BCUT2D eigenvalue weighted by Crippen LogP contribution is 2.39. The normalized spacial score (nSPS) is 17.8. The predicted molar refractivity (Wildman–Crippen MR) is 137 cm³/mol. The Bertz CT molecular complexity index is 1200. The van der Waals surface area contributed by atoms with E-state index in [0.29, 0.717) is 17.9 Å². The lowest BCUT2D eigenvalue weighted by Crippen LogP contribution is -2.47. The number of aromatic nitrogens is 2. The van der Waals surface area contributed by atoms with Gasteiger partial charge in [-0.1, -0.05) is 6.92 Å². The lowest BCUT2D eigenvalue weighted by molar-refractivity contribution is -0.142. The van der Waals surface area contributed by atoms with E-state index in [9.17, 15) is 36.6 Å². The molecule has 3 atom stereocenters. The van der Waals surface area contributed by atoms with Crippen molar-refractivity contribution < 1.29 is 36.6 Å². The van der Waals surface area contributed by atoms with Crippen LogP contribution in [0.3, 0.4) is 0 Å². The van der Waals surface area contributed by atoms with E-state index in [-0.39, 0.29) is 33.6 Å². The van der Waals surface area contributed by atoms with Crippen LogP contribution in [0.5, 0.6) is 0 Å². The Morgan fingerprint density at radius 3 is 2.46 bits per heavy atom. The van der Waals surface area contributed by atoms with Crippen LogP contribution in [0, 0.1) is 0 Å². The van der Waals surface area contributed by atoms with Gasteiger partial charge in [0.1, 0.15) is 17.6 Å². The van der Waals surface area contributed by atoms with Gasteiger partial charge in [-0.3, -0.25) is 9.59 Å². The molecule has 216 valence electrons. The van der Waals surface area contributed by atoms with E-state index in [0.717, 1.165) is 25.1 Å². The van der Waals surface area contributed by atoms with Crippen LogP contribution in [0.25, 0.3) is 10.4 Å². The van der Waals surface area contributed by atoms with Gasteiger partial charge in [0.25, 0.3) is 18.2 Å². The van der Waals surface area contributed by atoms with Gasteiger partial charge >= 0.3 is 6.18 Å². The number of aliphatic hydroxyl groups is 1. The van der Waals surface area contributed by atoms with E-state index in [1.165, 1.54) is 20.8 Å². The molecule has 1 aliphatic heterocycles. The molecule has 0 aliphatic carbocycles. The van der Waals surface area contributed by atoms with Crippen LogP contribution in [0.2, 0.25) is 0 Å². The zero-order valence-electron chi connectivity index (χ0n) is 22.2. The second kappa shape index (κ2) is 11.7. The Morgan fingerprint density at radius 1 is 1.28 bits per heavy atom. The molecule has 1 saturated heterocycles. The summed E-state index contributed by atoms with van der Waals surface area (Å²) in [5.41, 5.74) is -2.37. The molecule has 2 aromatic heterocycles. The average Bonchev–Trinajstić information content (AvgIpc) is 3.47. The van der Waals surface area contributed by atoms with E-state index >= 15 is 0 Å². The highest BCUT2D eigenvalue weighted by Gasteiger charge is 2.39. The zero-order chi connectivity index (χ0) is 29.3. The summed E-state index contributed by atoms with van der Waals surface area (Å²) >= 11 is 0.696. The smallest absolute Gasteiger partial charge is 0.388 e. The van der Waals surface area contributed by atoms with Gasteiger partial charge in [-0.25, -0.2) is 18.7 Å². The monoisotopic (exact) mass is 577 g/mol. The molecule has 3 N–H and O–H groups in total. The molecule has 1 aliphatic rings. The van der Waals surface area contributed by atoms with Crippen molar-refractivity contribution in [1.29, 1.82) is 0 Å². The third kappa shape index (κ3) is 7.02. The molecule has 0 bridgehead atoms. The number of nitrogens with zero attached hydrogens (tertiary/aromatic N) is 3. The van der Waals surface area contributed by atoms with Crippen molar-refractivity contribution >= 4 is 29.0 Å². The summed E-state index contributed by atoms with van der Waals surface area (Å²) in [6.07, 6.45) is -5.65. The molecule has 0 saturated carbocycles. The summed E-state index contributed by atoms with van der Waals surface area (Å²) in [4.78, 5) is 36.0. The van der Waals surface area contributed by atoms with Crippen LogP contribution in [0.15, 0.2) is 12.3 Å². The summed E-state index contributed by atoms with van der Waals surface area (Å²) in [6, 6.07) is -2.02. The van der Waals surface area contributed by atoms with Crippen LogP contribution in [-0.2, 0) is 0 Å². The van der Waals surface area contributed by atoms with Crippen LogP contribution >= 0.6 is 11.3 Å². The first-order valence-electron chi connectivity index (χ1n) is 12.5. The molecular formula is C25H32F5N5O3S. The Kier molecular flexibility index (Phi) is 9.20. The Balaban J connectivity index is 2.09. The van der Waals surface area contributed by atoms with Crippen molar-refractivity contribution in [2.75, 3.05) is 11.9 Å². The molecule has 0 spiro atoms. The van der Waals surface area contributed by atoms with Crippen LogP contribution in [0.1, 0.15) is 86.2 Å². The molecule has 2 aromatic rings. The second-order valence-electron chi connectivity index (χ2n) is 10.1. The average molecular weight is 578 g/mol. The molecule has 0 aromatic carbocycles. The molecular weight excluding hydrogens is 545 g/mol. The Labute approximate surface area is 227 Å². The van der Waals surface area contributed by atoms with Gasteiger partial charge in [0, 0.05) is 29.9 Å². The number of alkyl halides is 5. The van der Waals surface area contributed by atoms with E-state index in [1.54, 1.807) is 11.8 Å². The van der Waals surface area contributed by atoms with Crippen LogP contribution in [0.4, 0.5) is 27.8 Å². The topological polar surface area (TPSA) is 107 Å². The predicted octanol–water partition coefficient (Wildman–Crippen LogP) is 5.41.